The van der Waals surface area contributed by atoms with Crippen molar-refractivity contribution < 1.29 is 9.47 Å². The first kappa shape index (κ1) is 21.4. The Morgan fingerprint density at radius 2 is 1.69 bits per heavy atom. The Bertz CT molecular complexity index is 817. The van der Waals surface area contributed by atoms with Crippen LogP contribution in [0, 0.1) is 6.92 Å². The molecule has 0 radical (unpaired) electrons. The molecule has 0 atom stereocenters. The lowest BCUT2D eigenvalue weighted by Crippen LogP contribution is -2.47. The zero-order valence-electron chi connectivity index (χ0n) is 17.8. The number of hydrogen-bond donors (Lipinski definition) is 1. The summed E-state index contributed by atoms with van der Waals surface area (Å²) in [5.41, 5.74) is 3.35. The van der Waals surface area contributed by atoms with Crippen molar-refractivity contribution in [3.05, 3.63) is 53.6 Å². The van der Waals surface area contributed by atoms with Crippen molar-refractivity contribution in [2.24, 2.45) is 0 Å². The summed E-state index contributed by atoms with van der Waals surface area (Å²) in [5, 5.41) is 4.23. The van der Waals surface area contributed by atoms with Gasteiger partial charge in [-0.2, -0.15) is 0 Å². The molecule has 5 nitrogen and oxygen atoms in total. The van der Waals surface area contributed by atoms with Gasteiger partial charge in [0.25, 0.3) is 0 Å². The minimum atomic E-state index is 0.416. The molecule has 1 saturated heterocycles. The largest absolute Gasteiger partial charge is 0.497 e. The molecule has 1 fully saturated rings. The summed E-state index contributed by atoms with van der Waals surface area (Å²) < 4.78 is 10.7. The minimum Gasteiger partial charge on any atom is -0.497 e. The van der Waals surface area contributed by atoms with Crippen LogP contribution in [0.25, 0.3) is 0 Å². The molecular formula is C23H31N3O2S. The van der Waals surface area contributed by atoms with Gasteiger partial charge in [-0.15, -0.1) is 0 Å². The van der Waals surface area contributed by atoms with Gasteiger partial charge < -0.3 is 24.6 Å². The van der Waals surface area contributed by atoms with Gasteiger partial charge in [-0.3, -0.25) is 0 Å². The van der Waals surface area contributed by atoms with Crippen LogP contribution in [0.1, 0.15) is 24.0 Å². The monoisotopic (exact) mass is 413 g/mol. The first-order valence-corrected chi connectivity index (χ1v) is 10.4. The van der Waals surface area contributed by atoms with Gasteiger partial charge >= 0.3 is 0 Å². The number of likely N-dealkylation sites (tertiary alicyclic amines) is 1. The molecule has 0 amide bonds. The molecule has 0 aromatic heterocycles. The number of piperidine rings is 1. The lowest BCUT2D eigenvalue weighted by Gasteiger charge is -2.39. The molecule has 0 unspecified atom stereocenters. The van der Waals surface area contributed by atoms with Gasteiger partial charge in [-0.1, -0.05) is 18.2 Å². The highest BCUT2D eigenvalue weighted by Crippen LogP contribution is 2.25. The van der Waals surface area contributed by atoms with E-state index in [2.05, 4.69) is 41.2 Å². The van der Waals surface area contributed by atoms with Crippen LogP contribution in [-0.2, 0) is 6.54 Å². The molecular weight excluding hydrogens is 382 g/mol. The third kappa shape index (κ3) is 5.61. The quantitative estimate of drug-likeness (QED) is 0.712. The SMILES string of the molecule is COc1ccc(CN(C(=S)Nc2cc(OC)ccc2C)C2CCN(C)CC2)cc1. The molecule has 2 aromatic rings. The summed E-state index contributed by atoms with van der Waals surface area (Å²) in [4.78, 5) is 4.72. The van der Waals surface area contributed by atoms with E-state index in [4.69, 9.17) is 21.7 Å². The summed E-state index contributed by atoms with van der Waals surface area (Å²) in [6.45, 7) is 5.02. The molecule has 1 aliphatic rings. The fraction of sp³-hybridized carbons (Fsp3) is 0.435. The normalized spacial score (nSPS) is 15.0. The van der Waals surface area contributed by atoms with Crippen molar-refractivity contribution in [2.45, 2.75) is 32.4 Å². The summed E-state index contributed by atoms with van der Waals surface area (Å²) in [7, 11) is 5.55. The summed E-state index contributed by atoms with van der Waals surface area (Å²) >= 11 is 5.89. The second kappa shape index (κ2) is 9.94. The maximum atomic E-state index is 5.89. The highest BCUT2D eigenvalue weighted by atomic mass is 32.1. The number of ether oxygens (including phenoxy) is 2. The number of anilines is 1. The number of methoxy groups -OCH3 is 2. The van der Waals surface area contributed by atoms with Crippen LogP contribution < -0.4 is 14.8 Å². The van der Waals surface area contributed by atoms with Crippen molar-refractivity contribution in [3.63, 3.8) is 0 Å². The fourth-order valence-electron chi connectivity index (χ4n) is 3.65. The van der Waals surface area contributed by atoms with Crippen LogP contribution in [0.15, 0.2) is 42.5 Å². The zero-order chi connectivity index (χ0) is 20.8. The second-order valence-corrected chi connectivity index (χ2v) is 8.01. The van der Waals surface area contributed by atoms with Gasteiger partial charge in [-0.05, 0) is 81.4 Å². The van der Waals surface area contributed by atoms with Crippen LogP contribution in [0.2, 0.25) is 0 Å². The van der Waals surface area contributed by atoms with E-state index >= 15 is 0 Å². The van der Waals surface area contributed by atoms with Gasteiger partial charge in [0.05, 0.1) is 14.2 Å². The molecule has 0 spiro atoms. The van der Waals surface area contributed by atoms with Gasteiger partial charge in [0.1, 0.15) is 11.5 Å². The molecule has 0 aliphatic carbocycles. The molecule has 3 rings (SSSR count). The molecule has 2 aromatic carbocycles. The van der Waals surface area contributed by atoms with E-state index < -0.39 is 0 Å². The molecule has 29 heavy (non-hydrogen) atoms. The van der Waals surface area contributed by atoms with Crippen LogP contribution in [-0.4, -0.2) is 55.3 Å². The molecule has 1 heterocycles. The number of rotatable bonds is 6. The van der Waals surface area contributed by atoms with E-state index in [1.54, 1.807) is 14.2 Å². The van der Waals surface area contributed by atoms with Crippen LogP contribution in [0.5, 0.6) is 11.5 Å². The van der Waals surface area contributed by atoms with Crippen molar-refractivity contribution in [3.8, 4) is 11.5 Å². The van der Waals surface area contributed by atoms with Crippen LogP contribution in [0.4, 0.5) is 5.69 Å². The van der Waals surface area contributed by atoms with Gasteiger partial charge in [0.2, 0.25) is 0 Å². The van der Waals surface area contributed by atoms with E-state index in [1.807, 2.05) is 30.3 Å². The van der Waals surface area contributed by atoms with E-state index in [1.165, 1.54) is 5.56 Å². The van der Waals surface area contributed by atoms with E-state index in [0.29, 0.717) is 6.04 Å². The standard InChI is InChI=1S/C23H31N3O2S/c1-17-5-8-21(28-4)15-22(17)24-23(29)26(19-11-13-25(2)14-12-19)16-18-6-9-20(27-3)10-7-18/h5-10,15,19H,11-14,16H2,1-4H3,(H,24,29). The van der Waals surface area contributed by atoms with Crippen molar-refractivity contribution in [1.82, 2.24) is 9.80 Å². The molecule has 6 heteroatoms. The summed E-state index contributed by atoms with van der Waals surface area (Å²) in [5.74, 6) is 1.69. The minimum absolute atomic E-state index is 0.416. The Kier molecular flexibility index (Phi) is 7.34. The third-order valence-electron chi connectivity index (χ3n) is 5.59. The topological polar surface area (TPSA) is 37.0 Å². The molecule has 0 bridgehead atoms. The maximum absolute atomic E-state index is 5.89. The van der Waals surface area contributed by atoms with Gasteiger partial charge in [0, 0.05) is 24.3 Å². The van der Waals surface area contributed by atoms with E-state index in [0.717, 1.165) is 60.3 Å². The number of aryl methyl sites for hydroxylation is 1. The van der Waals surface area contributed by atoms with E-state index in [9.17, 15) is 0 Å². The molecule has 1 N–H and O–H groups in total. The Morgan fingerprint density at radius 1 is 1.07 bits per heavy atom. The van der Waals surface area contributed by atoms with Gasteiger partial charge in [-0.25, -0.2) is 0 Å². The van der Waals surface area contributed by atoms with Crippen molar-refractivity contribution in [2.75, 3.05) is 39.7 Å². The lowest BCUT2D eigenvalue weighted by atomic mass is 10.0. The smallest absolute Gasteiger partial charge is 0.173 e. The number of thiocarbonyl (C=S) groups is 1. The maximum Gasteiger partial charge on any atom is 0.173 e. The average molecular weight is 414 g/mol. The van der Waals surface area contributed by atoms with Crippen molar-refractivity contribution >= 4 is 23.0 Å². The molecule has 1 aliphatic heterocycles. The Labute approximate surface area is 179 Å². The number of nitrogens with zero attached hydrogens (tertiary/aromatic N) is 2. The van der Waals surface area contributed by atoms with Gasteiger partial charge in [0.15, 0.2) is 5.11 Å². The van der Waals surface area contributed by atoms with Crippen LogP contribution in [0.3, 0.4) is 0 Å². The average Bonchev–Trinajstić information content (AvgIpc) is 2.74. The Hall–Kier alpha value is -2.31. The van der Waals surface area contributed by atoms with Crippen LogP contribution >= 0.6 is 12.2 Å². The number of hydrogen-bond acceptors (Lipinski definition) is 4. The highest BCUT2D eigenvalue weighted by molar-refractivity contribution is 7.80. The van der Waals surface area contributed by atoms with E-state index in [-0.39, 0.29) is 0 Å². The number of benzene rings is 2. The first-order valence-electron chi connectivity index (χ1n) is 10.0. The number of nitrogens with one attached hydrogen (secondary N) is 1. The predicted molar refractivity (Wildman–Crippen MR) is 123 cm³/mol. The zero-order valence-corrected chi connectivity index (χ0v) is 18.6. The van der Waals surface area contributed by atoms with Crippen molar-refractivity contribution in [1.29, 1.82) is 0 Å². The highest BCUT2D eigenvalue weighted by Gasteiger charge is 2.25. The fourth-order valence-corrected chi connectivity index (χ4v) is 3.97. The predicted octanol–water partition coefficient (Wildman–Crippen LogP) is 4.31. The summed E-state index contributed by atoms with van der Waals surface area (Å²) in [6.07, 6.45) is 2.21. The first-order chi connectivity index (χ1) is 14.0. The third-order valence-corrected chi connectivity index (χ3v) is 5.92. The molecule has 156 valence electrons. The summed E-state index contributed by atoms with van der Waals surface area (Å²) in [6, 6.07) is 14.7. The second-order valence-electron chi connectivity index (χ2n) is 7.62. The Balaban J connectivity index is 1.80. The Morgan fingerprint density at radius 3 is 2.31 bits per heavy atom. The molecule has 0 saturated carbocycles. The lowest BCUT2D eigenvalue weighted by molar-refractivity contribution is 0.173.